The van der Waals surface area contributed by atoms with E-state index < -0.39 is 0 Å². The standard InChI is InChI=1S/C17H28ClN5O/c1-16(2)7-13(8-17(3,4)21-16)20-15(24)22-6-5-14(11-22)23-10-12(18)9-19-23/h9-10,13-14,21H,5-8,11H2,1-4H3,(H,20,24). The summed E-state index contributed by atoms with van der Waals surface area (Å²) in [5.41, 5.74) is 0.0537. The van der Waals surface area contributed by atoms with Crippen LogP contribution in [0.3, 0.4) is 0 Å². The average Bonchev–Trinajstić information content (AvgIpc) is 3.02. The molecule has 0 aliphatic carbocycles. The molecule has 2 saturated heterocycles. The van der Waals surface area contributed by atoms with Gasteiger partial charge in [0.25, 0.3) is 0 Å². The summed E-state index contributed by atoms with van der Waals surface area (Å²) in [6.45, 7) is 10.2. The maximum absolute atomic E-state index is 12.7. The van der Waals surface area contributed by atoms with E-state index >= 15 is 0 Å². The number of urea groups is 1. The fourth-order valence-corrected chi connectivity index (χ4v) is 4.49. The molecule has 2 aliphatic rings. The molecule has 0 radical (unpaired) electrons. The zero-order valence-corrected chi connectivity index (χ0v) is 15.7. The van der Waals surface area contributed by atoms with E-state index in [1.54, 1.807) is 6.20 Å². The zero-order chi connectivity index (χ0) is 17.5. The van der Waals surface area contributed by atoms with E-state index in [1.165, 1.54) is 0 Å². The summed E-state index contributed by atoms with van der Waals surface area (Å²) in [6.07, 6.45) is 6.26. The number of amides is 2. The highest BCUT2D eigenvalue weighted by Gasteiger charge is 2.39. The number of piperidine rings is 1. The second-order valence-electron chi connectivity index (χ2n) is 8.47. The molecule has 1 atom stereocenters. The van der Waals surface area contributed by atoms with Gasteiger partial charge in [0, 0.05) is 36.4 Å². The highest BCUT2D eigenvalue weighted by Crippen LogP contribution is 2.29. The van der Waals surface area contributed by atoms with Crippen molar-refractivity contribution in [3.05, 3.63) is 17.4 Å². The molecule has 3 rings (SSSR count). The van der Waals surface area contributed by atoms with Gasteiger partial charge in [0.2, 0.25) is 0 Å². The van der Waals surface area contributed by atoms with Crippen molar-refractivity contribution in [3.8, 4) is 0 Å². The predicted molar refractivity (Wildman–Crippen MR) is 95.3 cm³/mol. The van der Waals surface area contributed by atoms with Gasteiger partial charge in [0.15, 0.2) is 0 Å². The van der Waals surface area contributed by atoms with Gasteiger partial charge in [0.05, 0.1) is 17.3 Å². The first-order chi connectivity index (χ1) is 11.1. The molecule has 0 aromatic carbocycles. The molecule has 0 bridgehead atoms. The van der Waals surface area contributed by atoms with E-state index in [4.69, 9.17) is 11.6 Å². The fraction of sp³-hybridized carbons (Fsp3) is 0.765. The van der Waals surface area contributed by atoms with Gasteiger partial charge < -0.3 is 15.5 Å². The third-order valence-corrected chi connectivity index (χ3v) is 5.11. The van der Waals surface area contributed by atoms with Crippen LogP contribution in [0.5, 0.6) is 0 Å². The minimum Gasteiger partial charge on any atom is -0.335 e. The first kappa shape index (κ1) is 17.5. The number of halogens is 1. The Bertz CT molecular complexity index is 596. The van der Waals surface area contributed by atoms with E-state index in [0.717, 1.165) is 25.8 Å². The van der Waals surface area contributed by atoms with Crippen LogP contribution in [0.4, 0.5) is 4.79 Å². The predicted octanol–water partition coefficient (Wildman–Crippen LogP) is 2.80. The quantitative estimate of drug-likeness (QED) is 0.859. The van der Waals surface area contributed by atoms with Crippen LogP contribution in [-0.4, -0.2) is 50.9 Å². The molecule has 1 aromatic heterocycles. The Balaban J connectivity index is 1.57. The van der Waals surface area contributed by atoms with E-state index in [2.05, 4.69) is 43.4 Å². The molecule has 2 amide bonds. The Morgan fingerprint density at radius 2 is 2.00 bits per heavy atom. The van der Waals surface area contributed by atoms with Crippen molar-refractivity contribution in [2.45, 2.75) is 70.1 Å². The second kappa shape index (κ2) is 6.23. The number of rotatable bonds is 2. The van der Waals surface area contributed by atoms with Crippen molar-refractivity contribution in [1.82, 2.24) is 25.3 Å². The Morgan fingerprint density at radius 1 is 1.33 bits per heavy atom. The number of nitrogens with zero attached hydrogens (tertiary/aromatic N) is 3. The van der Waals surface area contributed by atoms with Crippen molar-refractivity contribution in [2.75, 3.05) is 13.1 Å². The van der Waals surface area contributed by atoms with E-state index in [1.807, 2.05) is 15.8 Å². The van der Waals surface area contributed by atoms with Gasteiger partial charge in [-0.15, -0.1) is 0 Å². The molecule has 2 aliphatic heterocycles. The molecule has 134 valence electrons. The van der Waals surface area contributed by atoms with Crippen LogP contribution in [0.15, 0.2) is 12.4 Å². The Morgan fingerprint density at radius 3 is 2.58 bits per heavy atom. The maximum atomic E-state index is 12.7. The summed E-state index contributed by atoms with van der Waals surface area (Å²) in [6, 6.07) is 0.445. The van der Waals surface area contributed by atoms with Crippen LogP contribution >= 0.6 is 11.6 Å². The zero-order valence-electron chi connectivity index (χ0n) is 15.0. The Labute approximate surface area is 148 Å². The summed E-state index contributed by atoms with van der Waals surface area (Å²) in [7, 11) is 0. The molecule has 3 heterocycles. The number of nitrogens with one attached hydrogen (secondary N) is 2. The molecule has 1 aromatic rings. The number of hydrogen-bond donors (Lipinski definition) is 2. The van der Waals surface area contributed by atoms with Crippen LogP contribution in [0.1, 0.15) is 53.0 Å². The van der Waals surface area contributed by atoms with Crippen LogP contribution in [0, 0.1) is 0 Å². The minimum atomic E-state index is 0.0268. The topological polar surface area (TPSA) is 62.2 Å². The molecule has 24 heavy (non-hydrogen) atoms. The maximum Gasteiger partial charge on any atom is 0.317 e. The highest BCUT2D eigenvalue weighted by molar-refractivity contribution is 6.30. The SMILES string of the molecule is CC1(C)CC(NC(=O)N2CCC(n3cc(Cl)cn3)C2)CC(C)(C)N1. The van der Waals surface area contributed by atoms with Crippen molar-refractivity contribution < 1.29 is 4.79 Å². The first-order valence-corrected chi connectivity index (χ1v) is 9.06. The summed E-state index contributed by atoms with van der Waals surface area (Å²) in [5.74, 6) is 0. The number of hydrogen-bond acceptors (Lipinski definition) is 3. The van der Waals surface area contributed by atoms with E-state index in [9.17, 15) is 4.79 Å². The van der Waals surface area contributed by atoms with Crippen molar-refractivity contribution >= 4 is 17.6 Å². The van der Waals surface area contributed by atoms with Gasteiger partial charge >= 0.3 is 6.03 Å². The molecule has 6 nitrogen and oxygen atoms in total. The third-order valence-electron chi connectivity index (χ3n) is 4.91. The lowest BCUT2D eigenvalue weighted by Gasteiger charge is -2.46. The smallest absolute Gasteiger partial charge is 0.317 e. The Hall–Kier alpha value is -1.27. The molecular formula is C17H28ClN5O. The largest absolute Gasteiger partial charge is 0.335 e. The third kappa shape index (κ3) is 4.03. The van der Waals surface area contributed by atoms with Crippen molar-refractivity contribution in [3.63, 3.8) is 0 Å². The average molecular weight is 354 g/mol. The van der Waals surface area contributed by atoms with Gasteiger partial charge in [-0.25, -0.2) is 4.79 Å². The second-order valence-corrected chi connectivity index (χ2v) is 8.91. The van der Waals surface area contributed by atoms with Gasteiger partial charge in [-0.3, -0.25) is 4.68 Å². The van der Waals surface area contributed by atoms with Crippen molar-refractivity contribution in [2.24, 2.45) is 0 Å². The first-order valence-electron chi connectivity index (χ1n) is 8.68. The molecule has 2 fully saturated rings. The number of aromatic nitrogens is 2. The molecule has 7 heteroatoms. The minimum absolute atomic E-state index is 0.0268. The number of likely N-dealkylation sites (tertiary alicyclic amines) is 1. The van der Waals surface area contributed by atoms with E-state index in [0.29, 0.717) is 11.6 Å². The number of carbonyl (C=O) groups is 1. The molecule has 1 unspecified atom stereocenters. The highest BCUT2D eigenvalue weighted by atomic mass is 35.5. The van der Waals surface area contributed by atoms with Crippen molar-refractivity contribution in [1.29, 1.82) is 0 Å². The summed E-state index contributed by atoms with van der Waals surface area (Å²) < 4.78 is 1.87. The van der Waals surface area contributed by atoms with Crippen LogP contribution in [-0.2, 0) is 0 Å². The van der Waals surface area contributed by atoms with Crippen LogP contribution in [0.25, 0.3) is 0 Å². The summed E-state index contributed by atoms with van der Waals surface area (Å²) >= 11 is 5.94. The molecule has 2 N–H and O–H groups in total. The molecular weight excluding hydrogens is 326 g/mol. The molecule has 0 saturated carbocycles. The van der Waals surface area contributed by atoms with Gasteiger partial charge in [0.1, 0.15) is 0 Å². The lowest BCUT2D eigenvalue weighted by atomic mass is 9.80. The summed E-state index contributed by atoms with van der Waals surface area (Å²) in [4.78, 5) is 14.5. The van der Waals surface area contributed by atoms with Gasteiger partial charge in [-0.05, 0) is 47.0 Å². The van der Waals surface area contributed by atoms with Crippen LogP contribution in [0.2, 0.25) is 5.02 Å². The summed E-state index contributed by atoms with van der Waals surface area (Å²) in [5, 5.41) is 11.8. The normalized spacial score (nSPS) is 26.5. The Kier molecular flexibility index (Phi) is 4.55. The lowest BCUT2D eigenvalue weighted by molar-refractivity contribution is 0.140. The van der Waals surface area contributed by atoms with E-state index in [-0.39, 0.29) is 29.2 Å². The number of carbonyl (C=O) groups excluding carboxylic acids is 1. The van der Waals surface area contributed by atoms with Gasteiger partial charge in [-0.1, -0.05) is 11.6 Å². The lowest BCUT2D eigenvalue weighted by Crippen LogP contribution is -2.62. The molecule has 0 spiro atoms. The van der Waals surface area contributed by atoms with Crippen LogP contribution < -0.4 is 10.6 Å². The monoisotopic (exact) mass is 353 g/mol. The van der Waals surface area contributed by atoms with Gasteiger partial charge in [-0.2, -0.15) is 5.10 Å². The fourth-order valence-electron chi connectivity index (χ4n) is 4.35.